The third kappa shape index (κ3) is 5.09. The van der Waals surface area contributed by atoms with Crippen LogP contribution >= 0.6 is 11.6 Å². The molecule has 1 rings (SSSR count). The van der Waals surface area contributed by atoms with Gasteiger partial charge in [-0.25, -0.2) is 0 Å². The van der Waals surface area contributed by atoms with Crippen molar-refractivity contribution < 1.29 is 9.22 Å². The van der Waals surface area contributed by atoms with Crippen LogP contribution in [0.3, 0.4) is 0 Å². The van der Waals surface area contributed by atoms with Crippen molar-refractivity contribution in [3.05, 3.63) is 34.9 Å². The summed E-state index contributed by atoms with van der Waals surface area (Å²) in [4.78, 5) is 12.6. The lowest BCUT2D eigenvalue weighted by Gasteiger charge is -2.34. The van der Waals surface area contributed by atoms with Gasteiger partial charge in [-0.05, 0) is 49.3 Å². The van der Waals surface area contributed by atoms with Gasteiger partial charge >= 0.3 is 0 Å². The number of halogens is 1. The van der Waals surface area contributed by atoms with E-state index in [1.54, 1.807) is 24.3 Å². The molecule has 0 fully saturated rings. The average molecular weight is 299 g/mol. The Morgan fingerprint density at radius 2 is 1.63 bits per heavy atom. The molecule has 1 unspecified atom stereocenters. The molecule has 0 heterocycles. The van der Waals surface area contributed by atoms with E-state index >= 15 is 0 Å². The highest BCUT2D eigenvalue weighted by molar-refractivity contribution is 6.70. The topological polar surface area (TPSA) is 26.3 Å². The summed E-state index contributed by atoms with van der Waals surface area (Å²) >= 11 is 5.86. The molecule has 0 saturated heterocycles. The van der Waals surface area contributed by atoms with Crippen LogP contribution in [0.15, 0.2) is 24.3 Å². The molecule has 0 N–H and O–H groups in total. The summed E-state index contributed by atoms with van der Waals surface area (Å²) in [7, 11) is -1.78. The molecule has 2 nitrogen and oxygen atoms in total. The molecule has 1 aromatic carbocycles. The minimum absolute atomic E-state index is 0.0339. The van der Waals surface area contributed by atoms with Crippen LogP contribution in [0.4, 0.5) is 0 Å². The van der Waals surface area contributed by atoms with Gasteiger partial charge in [-0.1, -0.05) is 32.4 Å². The van der Waals surface area contributed by atoms with Crippen LogP contribution in [0.1, 0.15) is 31.1 Å². The Kier molecular flexibility index (Phi) is 4.99. The molecule has 0 saturated carbocycles. The zero-order valence-corrected chi connectivity index (χ0v) is 14.3. The predicted octanol–water partition coefficient (Wildman–Crippen LogP) is 4.79. The van der Waals surface area contributed by atoms with Gasteiger partial charge in [0.1, 0.15) is 6.10 Å². The zero-order chi connectivity index (χ0) is 14.8. The molecule has 0 aliphatic rings. The monoisotopic (exact) mass is 298 g/mol. The first-order valence-corrected chi connectivity index (χ1v) is 10.3. The maximum absolute atomic E-state index is 12.6. The first-order valence-electron chi connectivity index (χ1n) is 6.48. The molecule has 0 aromatic heterocycles. The number of ketones is 1. The first kappa shape index (κ1) is 16.4. The maximum Gasteiger partial charge on any atom is 0.190 e. The Morgan fingerprint density at radius 3 is 2.00 bits per heavy atom. The largest absolute Gasteiger partial charge is 0.407 e. The molecule has 1 atom stereocenters. The zero-order valence-electron chi connectivity index (χ0n) is 12.6. The molecule has 0 radical (unpaired) electrons. The Labute approximate surface area is 122 Å². The summed E-state index contributed by atoms with van der Waals surface area (Å²) in [6, 6.07) is 7.00. The van der Waals surface area contributed by atoms with E-state index in [-0.39, 0.29) is 11.2 Å². The predicted molar refractivity (Wildman–Crippen MR) is 83.5 cm³/mol. The molecule has 0 spiro atoms. The second kappa shape index (κ2) is 5.78. The smallest absolute Gasteiger partial charge is 0.190 e. The van der Waals surface area contributed by atoms with E-state index in [9.17, 15) is 4.79 Å². The number of carbonyl (C=O) groups excluding carboxylic acids is 1. The number of carbonyl (C=O) groups is 1. The van der Waals surface area contributed by atoms with Crippen molar-refractivity contribution in [2.24, 2.45) is 5.41 Å². The third-order valence-corrected chi connectivity index (χ3v) is 3.82. The number of rotatable bonds is 4. The summed E-state index contributed by atoms with van der Waals surface area (Å²) in [5.74, 6) is 0.0339. The highest BCUT2D eigenvalue weighted by atomic mass is 35.5. The van der Waals surface area contributed by atoms with Crippen LogP contribution in [0, 0.1) is 5.41 Å². The lowest BCUT2D eigenvalue weighted by molar-refractivity contribution is 0.0514. The quantitative estimate of drug-likeness (QED) is 0.590. The second-order valence-electron chi connectivity index (χ2n) is 6.85. The summed E-state index contributed by atoms with van der Waals surface area (Å²) in [6.45, 7) is 12.4. The van der Waals surface area contributed by atoms with E-state index in [4.69, 9.17) is 16.0 Å². The molecular weight excluding hydrogens is 276 g/mol. The normalized spacial score (nSPS) is 14.3. The standard InChI is InChI=1S/C15H23ClO2Si/c1-15(2,3)14(18-19(4,5)6)13(17)11-7-9-12(16)10-8-11/h7-10,14H,1-6H3. The lowest BCUT2D eigenvalue weighted by Crippen LogP contribution is -2.44. The fourth-order valence-corrected chi connectivity index (χ4v) is 3.04. The summed E-state index contributed by atoms with van der Waals surface area (Å²) in [5.41, 5.74) is 0.430. The minimum Gasteiger partial charge on any atom is -0.407 e. The van der Waals surface area contributed by atoms with Crippen molar-refractivity contribution in [1.82, 2.24) is 0 Å². The van der Waals surface area contributed by atoms with Gasteiger partial charge in [0.25, 0.3) is 0 Å². The minimum atomic E-state index is -1.78. The van der Waals surface area contributed by atoms with Crippen LogP contribution in [-0.4, -0.2) is 20.2 Å². The Morgan fingerprint density at radius 1 is 1.16 bits per heavy atom. The van der Waals surface area contributed by atoms with E-state index in [2.05, 4.69) is 19.6 Å². The molecular formula is C15H23ClO2Si. The van der Waals surface area contributed by atoms with E-state index in [0.29, 0.717) is 10.6 Å². The molecule has 0 bridgehead atoms. The third-order valence-electron chi connectivity index (χ3n) is 2.62. The SMILES string of the molecule is CC(C)(C)C(O[Si](C)(C)C)C(=O)c1ccc(Cl)cc1. The lowest BCUT2D eigenvalue weighted by atomic mass is 9.84. The highest BCUT2D eigenvalue weighted by Crippen LogP contribution is 2.28. The van der Waals surface area contributed by atoms with Gasteiger partial charge in [-0.2, -0.15) is 0 Å². The number of hydrogen-bond acceptors (Lipinski definition) is 2. The van der Waals surface area contributed by atoms with Crippen LogP contribution in [0.25, 0.3) is 0 Å². The van der Waals surface area contributed by atoms with Gasteiger partial charge in [0, 0.05) is 10.6 Å². The molecule has 4 heteroatoms. The van der Waals surface area contributed by atoms with Gasteiger partial charge in [-0.15, -0.1) is 0 Å². The average Bonchev–Trinajstić information content (AvgIpc) is 2.23. The maximum atomic E-state index is 12.6. The van der Waals surface area contributed by atoms with Gasteiger partial charge in [-0.3, -0.25) is 4.79 Å². The highest BCUT2D eigenvalue weighted by Gasteiger charge is 2.36. The van der Waals surface area contributed by atoms with Crippen LogP contribution in [0.2, 0.25) is 24.7 Å². The summed E-state index contributed by atoms with van der Waals surface area (Å²) in [5, 5.41) is 0.634. The van der Waals surface area contributed by atoms with Gasteiger partial charge in [0.15, 0.2) is 14.1 Å². The summed E-state index contributed by atoms with van der Waals surface area (Å²) < 4.78 is 6.11. The molecule has 0 aliphatic heterocycles. The van der Waals surface area contributed by atoms with Gasteiger partial charge in [0.05, 0.1) is 0 Å². The summed E-state index contributed by atoms with van der Waals surface area (Å²) in [6.07, 6.45) is -0.416. The van der Waals surface area contributed by atoms with Crippen molar-refractivity contribution >= 4 is 25.7 Å². The van der Waals surface area contributed by atoms with Crippen molar-refractivity contribution in [1.29, 1.82) is 0 Å². The second-order valence-corrected chi connectivity index (χ2v) is 11.7. The molecule has 0 amide bonds. The Balaban J connectivity index is 3.05. The molecule has 1 aromatic rings. The molecule has 106 valence electrons. The fraction of sp³-hybridized carbons (Fsp3) is 0.533. The van der Waals surface area contributed by atoms with Crippen molar-refractivity contribution in [2.45, 2.75) is 46.5 Å². The van der Waals surface area contributed by atoms with Crippen LogP contribution in [-0.2, 0) is 4.43 Å². The number of Topliss-reactive ketones (excluding diaryl/α,β-unsaturated/α-hetero) is 1. The van der Waals surface area contributed by atoms with E-state index in [1.165, 1.54) is 0 Å². The van der Waals surface area contributed by atoms with Crippen molar-refractivity contribution in [3.8, 4) is 0 Å². The van der Waals surface area contributed by atoms with E-state index < -0.39 is 14.4 Å². The van der Waals surface area contributed by atoms with Crippen molar-refractivity contribution in [2.75, 3.05) is 0 Å². The van der Waals surface area contributed by atoms with E-state index in [0.717, 1.165) is 0 Å². The molecule has 19 heavy (non-hydrogen) atoms. The Hall–Kier alpha value is -0.643. The van der Waals surface area contributed by atoms with Gasteiger partial charge < -0.3 is 4.43 Å². The molecule has 0 aliphatic carbocycles. The van der Waals surface area contributed by atoms with Gasteiger partial charge in [0.2, 0.25) is 0 Å². The van der Waals surface area contributed by atoms with Crippen LogP contribution in [0.5, 0.6) is 0 Å². The van der Waals surface area contributed by atoms with Crippen LogP contribution < -0.4 is 0 Å². The number of benzene rings is 1. The number of hydrogen-bond donors (Lipinski definition) is 0. The Bertz CT molecular complexity index is 441. The fourth-order valence-electron chi connectivity index (χ4n) is 1.74. The first-order chi connectivity index (χ1) is 8.50. The van der Waals surface area contributed by atoms with Crippen molar-refractivity contribution in [3.63, 3.8) is 0 Å². The van der Waals surface area contributed by atoms with E-state index in [1.807, 2.05) is 20.8 Å².